The SMILES string of the molecule is Cc1cccc(NC(=O)NCCc2nnc3n2CCC3)c1Cl. The smallest absolute Gasteiger partial charge is 0.319 e. The van der Waals surface area contributed by atoms with Gasteiger partial charge in [0.05, 0.1) is 10.7 Å². The maximum atomic E-state index is 11.9. The highest BCUT2D eigenvalue weighted by Crippen LogP contribution is 2.24. The van der Waals surface area contributed by atoms with Crippen LogP contribution in [0.3, 0.4) is 0 Å². The summed E-state index contributed by atoms with van der Waals surface area (Å²) in [6, 6.07) is 5.27. The Hall–Kier alpha value is -2.08. The van der Waals surface area contributed by atoms with Crippen molar-refractivity contribution in [1.29, 1.82) is 0 Å². The molecular formula is C15H18ClN5O. The van der Waals surface area contributed by atoms with Crippen molar-refractivity contribution in [2.45, 2.75) is 32.7 Å². The molecule has 22 heavy (non-hydrogen) atoms. The summed E-state index contributed by atoms with van der Waals surface area (Å²) in [5.41, 5.74) is 1.54. The lowest BCUT2D eigenvalue weighted by molar-refractivity contribution is 0.252. The lowest BCUT2D eigenvalue weighted by Crippen LogP contribution is -2.31. The highest BCUT2D eigenvalue weighted by molar-refractivity contribution is 6.34. The fourth-order valence-electron chi connectivity index (χ4n) is 2.59. The van der Waals surface area contributed by atoms with Crippen LogP contribution < -0.4 is 10.6 Å². The quantitative estimate of drug-likeness (QED) is 0.909. The van der Waals surface area contributed by atoms with E-state index in [1.54, 1.807) is 6.07 Å². The zero-order valence-corrected chi connectivity index (χ0v) is 13.2. The predicted molar refractivity (Wildman–Crippen MR) is 85.3 cm³/mol. The number of aryl methyl sites for hydroxylation is 2. The number of rotatable bonds is 4. The number of urea groups is 1. The van der Waals surface area contributed by atoms with Crippen molar-refractivity contribution < 1.29 is 4.79 Å². The van der Waals surface area contributed by atoms with Crippen LogP contribution in [0.2, 0.25) is 5.02 Å². The number of carbonyl (C=O) groups excluding carboxylic acids is 1. The van der Waals surface area contributed by atoms with Crippen LogP contribution in [0.5, 0.6) is 0 Å². The van der Waals surface area contributed by atoms with Crippen LogP contribution in [-0.2, 0) is 19.4 Å². The molecule has 1 aliphatic rings. The van der Waals surface area contributed by atoms with Gasteiger partial charge in [-0.15, -0.1) is 10.2 Å². The van der Waals surface area contributed by atoms with Crippen molar-refractivity contribution in [2.24, 2.45) is 0 Å². The Bertz CT molecular complexity index is 697. The first-order valence-electron chi connectivity index (χ1n) is 7.36. The topological polar surface area (TPSA) is 71.8 Å². The van der Waals surface area contributed by atoms with Gasteiger partial charge in [-0.1, -0.05) is 23.7 Å². The number of amides is 2. The first-order valence-corrected chi connectivity index (χ1v) is 7.74. The van der Waals surface area contributed by atoms with E-state index in [-0.39, 0.29) is 6.03 Å². The van der Waals surface area contributed by atoms with Crippen molar-refractivity contribution in [1.82, 2.24) is 20.1 Å². The zero-order chi connectivity index (χ0) is 15.5. The van der Waals surface area contributed by atoms with Crippen LogP contribution in [0, 0.1) is 6.92 Å². The van der Waals surface area contributed by atoms with Crippen LogP contribution in [-0.4, -0.2) is 27.3 Å². The molecule has 1 aliphatic heterocycles. The summed E-state index contributed by atoms with van der Waals surface area (Å²) < 4.78 is 2.14. The van der Waals surface area contributed by atoms with Crippen molar-refractivity contribution in [3.8, 4) is 0 Å². The van der Waals surface area contributed by atoms with Gasteiger partial charge in [0, 0.05) is 25.9 Å². The Labute approximate surface area is 133 Å². The van der Waals surface area contributed by atoms with E-state index in [1.807, 2.05) is 19.1 Å². The maximum Gasteiger partial charge on any atom is 0.319 e. The molecule has 2 amide bonds. The van der Waals surface area contributed by atoms with Crippen LogP contribution >= 0.6 is 11.6 Å². The molecule has 0 spiro atoms. The van der Waals surface area contributed by atoms with Crippen molar-refractivity contribution in [3.05, 3.63) is 40.4 Å². The number of halogens is 1. The molecule has 116 valence electrons. The largest absolute Gasteiger partial charge is 0.337 e. The molecule has 1 aromatic heterocycles. The minimum atomic E-state index is -0.270. The van der Waals surface area contributed by atoms with E-state index in [1.165, 1.54) is 0 Å². The Morgan fingerprint density at radius 2 is 2.27 bits per heavy atom. The molecule has 0 radical (unpaired) electrons. The Morgan fingerprint density at radius 1 is 1.41 bits per heavy atom. The summed E-state index contributed by atoms with van der Waals surface area (Å²) in [7, 11) is 0. The second-order valence-electron chi connectivity index (χ2n) is 5.36. The number of nitrogens with zero attached hydrogens (tertiary/aromatic N) is 3. The lowest BCUT2D eigenvalue weighted by Gasteiger charge is -2.10. The van der Waals surface area contributed by atoms with Gasteiger partial charge >= 0.3 is 6.03 Å². The number of carbonyl (C=O) groups is 1. The van der Waals surface area contributed by atoms with E-state index in [9.17, 15) is 4.79 Å². The number of nitrogens with one attached hydrogen (secondary N) is 2. The Morgan fingerprint density at radius 3 is 3.14 bits per heavy atom. The summed E-state index contributed by atoms with van der Waals surface area (Å²) in [6.45, 7) is 3.38. The first-order chi connectivity index (χ1) is 10.6. The summed E-state index contributed by atoms with van der Waals surface area (Å²) in [5.74, 6) is 1.98. The number of benzene rings is 1. The van der Waals surface area contributed by atoms with Gasteiger partial charge in [-0.05, 0) is 25.0 Å². The predicted octanol–water partition coefficient (Wildman–Crippen LogP) is 2.55. The summed E-state index contributed by atoms with van der Waals surface area (Å²) in [5, 5.41) is 14.5. The van der Waals surface area contributed by atoms with Crippen molar-refractivity contribution >= 4 is 23.3 Å². The fourth-order valence-corrected chi connectivity index (χ4v) is 2.77. The fraction of sp³-hybridized carbons (Fsp3) is 0.400. The minimum absolute atomic E-state index is 0.270. The van der Waals surface area contributed by atoms with E-state index in [4.69, 9.17) is 11.6 Å². The molecule has 0 atom stereocenters. The molecule has 0 unspecified atom stereocenters. The number of fused-ring (bicyclic) bond motifs is 1. The molecule has 2 N–H and O–H groups in total. The second-order valence-corrected chi connectivity index (χ2v) is 5.73. The minimum Gasteiger partial charge on any atom is -0.337 e. The van der Waals surface area contributed by atoms with Crippen molar-refractivity contribution in [2.75, 3.05) is 11.9 Å². The average molecular weight is 320 g/mol. The van der Waals surface area contributed by atoms with E-state index in [2.05, 4.69) is 25.4 Å². The van der Waals surface area contributed by atoms with Gasteiger partial charge in [-0.2, -0.15) is 0 Å². The molecule has 0 fully saturated rings. The van der Waals surface area contributed by atoms with Gasteiger partial charge in [0.15, 0.2) is 0 Å². The number of hydrogen-bond donors (Lipinski definition) is 2. The Kier molecular flexibility index (Phi) is 4.29. The third-order valence-electron chi connectivity index (χ3n) is 3.76. The van der Waals surface area contributed by atoms with Crippen LogP contribution in [0.1, 0.15) is 23.6 Å². The van der Waals surface area contributed by atoms with Crippen LogP contribution in [0.15, 0.2) is 18.2 Å². The highest BCUT2D eigenvalue weighted by Gasteiger charge is 2.16. The van der Waals surface area contributed by atoms with E-state index >= 15 is 0 Å². The van der Waals surface area contributed by atoms with Crippen LogP contribution in [0.25, 0.3) is 0 Å². The first kappa shape index (κ1) is 14.8. The van der Waals surface area contributed by atoms with Crippen LogP contribution in [0.4, 0.5) is 10.5 Å². The second kappa shape index (κ2) is 6.36. The van der Waals surface area contributed by atoms with Gasteiger partial charge in [-0.3, -0.25) is 0 Å². The third-order valence-corrected chi connectivity index (χ3v) is 4.26. The molecule has 2 heterocycles. The number of anilines is 1. The summed E-state index contributed by atoms with van der Waals surface area (Å²) in [6.07, 6.45) is 2.78. The van der Waals surface area contributed by atoms with Gasteiger partial charge in [0.1, 0.15) is 11.6 Å². The standard InChI is InChI=1S/C15H18ClN5O/c1-10-4-2-5-11(14(10)16)18-15(22)17-8-7-13-20-19-12-6-3-9-21(12)13/h2,4-5H,3,6-9H2,1H3,(H2,17,18,22). The third kappa shape index (κ3) is 3.06. The number of hydrogen-bond acceptors (Lipinski definition) is 3. The Balaban J connectivity index is 1.51. The average Bonchev–Trinajstić information content (AvgIpc) is 3.08. The molecule has 7 heteroatoms. The molecular weight excluding hydrogens is 302 g/mol. The van der Waals surface area contributed by atoms with E-state index in [0.717, 1.165) is 36.6 Å². The zero-order valence-electron chi connectivity index (χ0n) is 12.4. The van der Waals surface area contributed by atoms with E-state index in [0.29, 0.717) is 23.7 Å². The summed E-state index contributed by atoms with van der Waals surface area (Å²) >= 11 is 6.15. The van der Waals surface area contributed by atoms with Gasteiger partial charge in [-0.25, -0.2) is 4.79 Å². The molecule has 2 aromatic rings. The molecule has 6 nitrogen and oxygen atoms in total. The monoisotopic (exact) mass is 319 g/mol. The molecule has 0 saturated heterocycles. The molecule has 0 bridgehead atoms. The highest BCUT2D eigenvalue weighted by atomic mass is 35.5. The number of aromatic nitrogens is 3. The summed E-state index contributed by atoms with van der Waals surface area (Å²) in [4.78, 5) is 11.9. The van der Waals surface area contributed by atoms with Gasteiger partial charge in [0.2, 0.25) is 0 Å². The molecule has 0 saturated carbocycles. The maximum absolute atomic E-state index is 11.9. The van der Waals surface area contributed by atoms with Gasteiger partial charge in [0.25, 0.3) is 0 Å². The lowest BCUT2D eigenvalue weighted by atomic mass is 10.2. The van der Waals surface area contributed by atoms with E-state index < -0.39 is 0 Å². The molecule has 3 rings (SSSR count). The normalized spacial score (nSPS) is 13.0. The molecule has 0 aliphatic carbocycles. The van der Waals surface area contributed by atoms with Crippen molar-refractivity contribution in [3.63, 3.8) is 0 Å². The van der Waals surface area contributed by atoms with Gasteiger partial charge < -0.3 is 15.2 Å². The molecule has 1 aromatic carbocycles.